The fourth-order valence-corrected chi connectivity index (χ4v) is 1.35. The molecule has 0 aliphatic heterocycles. The second-order valence-corrected chi connectivity index (χ2v) is 3.78. The van der Waals surface area contributed by atoms with Gasteiger partial charge >= 0.3 is 0 Å². The first-order valence-corrected chi connectivity index (χ1v) is 4.73. The molecule has 3 heteroatoms. The van der Waals surface area contributed by atoms with Gasteiger partial charge in [-0.2, -0.15) is 0 Å². The van der Waals surface area contributed by atoms with Gasteiger partial charge in [-0.1, -0.05) is 19.1 Å². The number of aliphatic hydroxyl groups excluding tert-OH is 1. The Hall–Kier alpha value is -1.06. The number of hydrogen-bond acceptors (Lipinski definition) is 3. The van der Waals surface area contributed by atoms with Crippen molar-refractivity contribution in [2.24, 2.45) is 5.73 Å². The van der Waals surface area contributed by atoms with Crippen molar-refractivity contribution in [2.75, 3.05) is 6.61 Å². The van der Waals surface area contributed by atoms with Gasteiger partial charge in [-0.3, -0.25) is 0 Å². The van der Waals surface area contributed by atoms with Crippen LogP contribution < -0.4 is 5.73 Å². The van der Waals surface area contributed by atoms with Crippen LogP contribution in [0.1, 0.15) is 25.0 Å². The normalized spacial score (nSPS) is 15.1. The quantitative estimate of drug-likeness (QED) is 0.677. The first-order chi connectivity index (χ1) is 6.51. The predicted octanol–water partition coefficient (Wildman–Crippen LogP) is 1.12. The number of rotatable bonds is 3. The van der Waals surface area contributed by atoms with Crippen molar-refractivity contribution < 1.29 is 10.2 Å². The molecule has 1 aromatic rings. The minimum Gasteiger partial charge on any atom is -0.508 e. The molecule has 3 nitrogen and oxygen atoms in total. The van der Waals surface area contributed by atoms with E-state index in [0.29, 0.717) is 5.56 Å². The Morgan fingerprint density at radius 1 is 1.43 bits per heavy atom. The van der Waals surface area contributed by atoms with Crippen LogP contribution in [0.2, 0.25) is 0 Å². The molecule has 0 radical (unpaired) electrons. The zero-order valence-corrected chi connectivity index (χ0v) is 8.62. The van der Waals surface area contributed by atoms with Crippen LogP contribution in [0.4, 0.5) is 0 Å². The fourth-order valence-electron chi connectivity index (χ4n) is 1.35. The lowest BCUT2D eigenvalue weighted by Gasteiger charge is -2.23. The lowest BCUT2D eigenvalue weighted by molar-refractivity contribution is 0.207. The second kappa shape index (κ2) is 3.98. The summed E-state index contributed by atoms with van der Waals surface area (Å²) in [5, 5.41) is 18.7. The average Bonchev–Trinajstić information content (AvgIpc) is 2.18. The van der Waals surface area contributed by atoms with E-state index in [1.165, 1.54) is 0 Å². The number of aromatic hydroxyl groups is 1. The summed E-state index contributed by atoms with van der Waals surface area (Å²) in [4.78, 5) is 0. The number of aliphatic hydroxyl groups is 1. The van der Waals surface area contributed by atoms with Crippen molar-refractivity contribution in [3.63, 3.8) is 0 Å². The summed E-state index contributed by atoms with van der Waals surface area (Å²) < 4.78 is 0. The molecule has 0 saturated heterocycles. The molecule has 0 aliphatic rings. The van der Waals surface area contributed by atoms with Crippen molar-refractivity contribution >= 4 is 0 Å². The molecule has 78 valence electrons. The number of hydrogen-bond donors (Lipinski definition) is 3. The van der Waals surface area contributed by atoms with Gasteiger partial charge in [0.2, 0.25) is 0 Å². The molecule has 14 heavy (non-hydrogen) atoms. The molecule has 1 aromatic carbocycles. The Balaban J connectivity index is 3.18. The molecule has 1 atom stereocenters. The van der Waals surface area contributed by atoms with Gasteiger partial charge in [0.05, 0.1) is 12.1 Å². The SMILES string of the molecule is CCc1ccc(O)c([C@@](C)(N)CO)c1. The van der Waals surface area contributed by atoms with Crippen LogP contribution in [0.15, 0.2) is 18.2 Å². The van der Waals surface area contributed by atoms with E-state index in [9.17, 15) is 5.11 Å². The molecule has 0 aliphatic carbocycles. The van der Waals surface area contributed by atoms with Crippen molar-refractivity contribution in [3.05, 3.63) is 29.3 Å². The highest BCUT2D eigenvalue weighted by molar-refractivity contribution is 5.40. The van der Waals surface area contributed by atoms with Crippen LogP contribution in [-0.2, 0) is 12.0 Å². The maximum absolute atomic E-state index is 9.61. The van der Waals surface area contributed by atoms with Gasteiger partial charge in [-0.15, -0.1) is 0 Å². The molecule has 4 N–H and O–H groups in total. The maximum Gasteiger partial charge on any atom is 0.120 e. The van der Waals surface area contributed by atoms with E-state index in [4.69, 9.17) is 10.8 Å². The topological polar surface area (TPSA) is 66.5 Å². The van der Waals surface area contributed by atoms with Gasteiger partial charge < -0.3 is 15.9 Å². The maximum atomic E-state index is 9.61. The highest BCUT2D eigenvalue weighted by Gasteiger charge is 2.23. The van der Waals surface area contributed by atoms with Crippen LogP contribution in [0.25, 0.3) is 0 Å². The summed E-state index contributed by atoms with van der Waals surface area (Å²) in [5.41, 5.74) is 6.67. The highest BCUT2D eigenvalue weighted by atomic mass is 16.3. The van der Waals surface area contributed by atoms with Gasteiger partial charge in [0.1, 0.15) is 5.75 Å². The zero-order chi connectivity index (χ0) is 10.8. The van der Waals surface area contributed by atoms with Crippen molar-refractivity contribution in [3.8, 4) is 5.75 Å². The Morgan fingerprint density at radius 2 is 2.07 bits per heavy atom. The smallest absolute Gasteiger partial charge is 0.120 e. The third kappa shape index (κ3) is 2.05. The van der Waals surface area contributed by atoms with Gasteiger partial charge in [0, 0.05) is 5.56 Å². The van der Waals surface area contributed by atoms with Gasteiger partial charge in [-0.25, -0.2) is 0 Å². The monoisotopic (exact) mass is 195 g/mol. The van der Waals surface area contributed by atoms with Crippen LogP contribution in [0.3, 0.4) is 0 Å². The van der Waals surface area contributed by atoms with Gasteiger partial charge in [-0.05, 0) is 25.0 Å². The largest absolute Gasteiger partial charge is 0.508 e. The second-order valence-electron chi connectivity index (χ2n) is 3.78. The molecular weight excluding hydrogens is 178 g/mol. The summed E-state index contributed by atoms with van der Waals surface area (Å²) in [7, 11) is 0. The summed E-state index contributed by atoms with van der Waals surface area (Å²) in [6.07, 6.45) is 0.884. The Kier molecular flexibility index (Phi) is 3.13. The molecule has 1 rings (SSSR count). The number of phenolic OH excluding ortho intramolecular Hbond substituents is 1. The molecule has 0 bridgehead atoms. The van der Waals surface area contributed by atoms with E-state index < -0.39 is 5.54 Å². The minimum atomic E-state index is -0.880. The Labute approximate surface area is 84.2 Å². The molecule has 0 aromatic heterocycles. The first kappa shape index (κ1) is 11.0. The van der Waals surface area contributed by atoms with Gasteiger partial charge in [0.25, 0.3) is 0 Å². The average molecular weight is 195 g/mol. The van der Waals surface area contributed by atoms with Crippen LogP contribution in [0.5, 0.6) is 5.75 Å². The number of benzene rings is 1. The molecule has 0 saturated carbocycles. The molecule has 0 fully saturated rings. The zero-order valence-electron chi connectivity index (χ0n) is 8.62. The lowest BCUT2D eigenvalue weighted by Crippen LogP contribution is -2.37. The third-order valence-corrected chi connectivity index (χ3v) is 2.41. The van der Waals surface area contributed by atoms with E-state index in [2.05, 4.69) is 0 Å². The summed E-state index contributed by atoms with van der Waals surface area (Å²) in [5.74, 6) is 0.140. The third-order valence-electron chi connectivity index (χ3n) is 2.41. The van der Waals surface area contributed by atoms with E-state index in [1.54, 1.807) is 13.0 Å². The van der Waals surface area contributed by atoms with Crippen molar-refractivity contribution in [1.29, 1.82) is 0 Å². The van der Waals surface area contributed by atoms with E-state index in [-0.39, 0.29) is 12.4 Å². The fraction of sp³-hybridized carbons (Fsp3) is 0.455. The number of nitrogens with two attached hydrogens (primary N) is 1. The summed E-state index contributed by atoms with van der Waals surface area (Å²) in [6.45, 7) is 3.54. The molecule has 0 amide bonds. The van der Waals surface area contributed by atoms with E-state index in [1.807, 2.05) is 19.1 Å². The Bertz CT molecular complexity index is 321. The predicted molar refractivity (Wildman–Crippen MR) is 56.1 cm³/mol. The minimum absolute atomic E-state index is 0.140. The highest BCUT2D eigenvalue weighted by Crippen LogP contribution is 2.27. The summed E-state index contributed by atoms with van der Waals surface area (Å²) in [6, 6.07) is 5.31. The first-order valence-electron chi connectivity index (χ1n) is 4.73. The Morgan fingerprint density at radius 3 is 2.57 bits per heavy atom. The van der Waals surface area contributed by atoms with E-state index >= 15 is 0 Å². The number of aryl methyl sites for hydroxylation is 1. The van der Waals surface area contributed by atoms with Crippen LogP contribution in [-0.4, -0.2) is 16.8 Å². The van der Waals surface area contributed by atoms with E-state index in [0.717, 1.165) is 12.0 Å². The molecule has 0 unspecified atom stereocenters. The van der Waals surface area contributed by atoms with Crippen molar-refractivity contribution in [1.82, 2.24) is 0 Å². The standard InChI is InChI=1S/C11H17NO2/c1-3-8-4-5-10(14)9(6-8)11(2,12)7-13/h4-6,13-14H,3,7,12H2,1-2H3/t11-/m0/s1. The van der Waals surface area contributed by atoms with Crippen molar-refractivity contribution in [2.45, 2.75) is 25.8 Å². The number of phenols is 1. The lowest BCUT2D eigenvalue weighted by atomic mass is 9.91. The molecule has 0 heterocycles. The molecular formula is C11H17NO2. The summed E-state index contributed by atoms with van der Waals surface area (Å²) >= 11 is 0. The van der Waals surface area contributed by atoms with Gasteiger partial charge in [0.15, 0.2) is 0 Å². The van der Waals surface area contributed by atoms with Crippen LogP contribution >= 0.6 is 0 Å². The van der Waals surface area contributed by atoms with Crippen LogP contribution in [0, 0.1) is 0 Å². The molecule has 0 spiro atoms.